The molecule has 3 heterocycles. The second-order valence-electron chi connectivity index (χ2n) is 6.53. The average Bonchev–Trinajstić information content (AvgIpc) is 3.10. The molecule has 9 heteroatoms. The van der Waals surface area contributed by atoms with Gasteiger partial charge in [-0.15, -0.1) is 0 Å². The molecule has 1 saturated heterocycles. The first-order valence-electron chi connectivity index (χ1n) is 9.05. The van der Waals surface area contributed by atoms with Gasteiger partial charge in [-0.1, -0.05) is 23.7 Å². The summed E-state index contributed by atoms with van der Waals surface area (Å²) in [4.78, 5) is 25.8. The highest BCUT2D eigenvalue weighted by Gasteiger charge is 2.28. The lowest BCUT2D eigenvalue weighted by atomic mass is 10.2. The molecule has 1 fully saturated rings. The minimum Gasteiger partial charge on any atom is -0.504 e. The van der Waals surface area contributed by atoms with Crippen LogP contribution < -0.4 is 9.64 Å². The number of rotatable bonds is 3. The first kappa shape index (κ1) is 19.6. The molecule has 1 aromatic heterocycles. The van der Waals surface area contributed by atoms with Crippen LogP contribution in [0.15, 0.2) is 46.3 Å². The Hall–Kier alpha value is -2.71. The van der Waals surface area contributed by atoms with Crippen LogP contribution in [0.25, 0.3) is 6.08 Å². The van der Waals surface area contributed by atoms with Crippen molar-refractivity contribution in [3.63, 3.8) is 0 Å². The van der Waals surface area contributed by atoms with Crippen molar-refractivity contribution in [3.05, 3.63) is 52.0 Å². The highest BCUT2D eigenvalue weighted by atomic mass is 35.5. The predicted octanol–water partition coefficient (Wildman–Crippen LogP) is 3.24. The number of piperazine rings is 1. The van der Waals surface area contributed by atoms with Crippen molar-refractivity contribution < 1.29 is 14.6 Å². The van der Waals surface area contributed by atoms with Gasteiger partial charge < -0.3 is 19.6 Å². The van der Waals surface area contributed by atoms with Gasteiger partial charge in [0, 0.05) is 26.2 Å². The molecular formula is C20H19ClN4O3S. The zero-order chi connectivity index (χ0) is 20.4. The molecule has 4 rings (SSSR count). The SMILES string of the molecule is COc1cc(/C=C2\SC(N3CCN(c4cccc(Cl)n4)CC3)=NC2=O)ccc1O. The van der Waals surface area contributed by atoms with Gasteiger partial charge in [0.25, 0.3) is 5.91 Å². The van der Waals surface area contributed by atoms with Crippen molar-refractivity contribution in [3.8, 4) is 11.5 Å². The minimum atomic E-state index is -0.254. The number of pyridine rings is 1. The van der Waals surface area contributed by atoms with E-state index in [0.29, 0.717) is 21.0 Å². The second kappa shape index (κ2) is 8.34. The molecule has 150 valence electrons. The van der Waals surface area contributed by atoms with E-state index < -0.39 is 0 Å². The quantitative estimate of drug-likeness (QED) is 0.591. The van der Waals surface area contributed by atoms with E-state index in [1.54, 1.807) is 30.3 Å². The number of methoxy groups -OCH3 is 1. The van der Waals surface area contributed by atoms with E-state index in [2.05, 4.69) is 19.8 Å². The molecule has 7 nitrogen and oxygen atoms in total. The fourth-order valence-corrected chi connectivity index (χ4v) is 4.29. The lowest BCUT2D eigenvalue weighted by Gasteiger charge is -2.36. The van der Waals surface area contributed by atoms with E-state index in [4.69, 9.17) is 16.3 Å². The van der Waals surface area contributed by atoms with Crippen molar-refractivity contribution in [1.29, 1.82) is 0 Å². The van der Waals surface area contributed by atoms with Crippen molar-refractivity contribution in [2.24, 2.45) is 4.99 Å². The summed E-state index contributed by atoms with van der Waals surface area (Å²) in [7, 11) is 1.49. The van der Waals surface area contributed by atoms with Crippen LogP contribution in [0, 0.1) is 0 Å². The number of amides is 1. The number of aliphatic imine (C=N–C) groups is 1. The number of thioether (sulfide) groups is 1. The maximum Gasteiger partial charge on any atom is 0.286 e. The molecule has 0 atom stereocenters. The molecule has 1 aromatic carbocycles. The Morgan fingerprint density at radius 1 is 1.17 bits per heavy atom. The topological polar surface area (TPSA) is 78.3 Å². The second-order valence-corrected chi connectivity index (χ2v) is 7.93. The van der Waals surface area contributed by atoms with E-state index in [1.807, 2.05) is 12.1 Å². The van der Waals surface area contributed by atoms with E-state index in [9.17, 15) is 9.90 Å². The Morgan fingerprint density at radius 2 is 1.93 bits per heavy atom. The molecule has 0 radical (unpaired) electrons. The van der Waals surface area contributed by atoms with E-state index in [0.717, 1.165) is 37.6 Å². The number of hydrogen-bond acceptors (Lipinski definition) is 7. The van der Waals surface area contributed by atoms with Gasteiger partial charge in [0.15, 0.2) is 16.7 Å². The summed E-state index contributed by atoms with van der Waals surface area (Å²) in [5, 5.41) is 10.9. The molecule has 2 aliphatic heterocycles. The Morgan fingerprint density at radius 3 is 2.66 bits per heavy atom. The van der Waals surface area contributed by atoms with Gasteiger partial charge in [-0.3, -0.25) is 4.79 Å². The first-order chi connectivity index (χ1) is 14.0. The molecule has 2 aromatic rings. The fraction of sp³-hybridized carbons (Fsp3) is 0.250. The molecule has 29 heavy (non-hydrogen) atoms. The number of amidine groups is 1. The van der Waals surface area contributed by atoms with Crippen LogP contribution in [0.2, 0.25) is 5.15 Å². The summed E-state index contributed by atoms with van der Waals surface area (Å²) in [5.41, 5.74) is 0.767. The van der Waals surface area contributed by atoms with Gasteiger partial charge in [0.05, 0.1) is 12.0 Å². The van der Waals surface area contributed by atoms with E-state index in [1.165, 1.54) is 18.9 Å². The number of hydrogen-bond donors (Lipinski definition) is 1. The highest BCUT2D eigenvalue weighted by Crippen LogP contribution is 2.33. The number of benzene rings is 1. The van der Waals surface area contributed by atoms with Crippen LogP contribution in [0.1, 0.15) is 5.56 Å². The first-order valence-corrected chi connectivity index (χ1v) is 10.2. The zero-order valence-corrected chi connectivity index (χ0v) is 17.3. The summed E-state index contributed by atoms with van der Waals surface area (Å²) in [6.45, 7) is 3.03. The maximum atomic E-state index is 12.4. The van der Waals surface area contributed by atoms with Crippen LogP contribution in [0.3, 0.4) is 0 Å². The number of aromatic hydroxyl groups is 1. The zero-order valence-electron chi connectivity index (χ0n) is 15.7. The normalized spacial score (nSPS) is 18.3. The summed E-state index contributed by atoms with van der Waals surface area (Å²) in [5.74, 6) is 1.03. The fourth-order valence-electron chi connectivity index (χ4n) is 3.17. The average molecular weight is 431 g/mol. The van der Waals surface area contributed by atoms with Crippen LogP contribution in [0.5, 0.6) is 11.5 Å². The minimum absolute atomic E-state index is 0.0593. The van der Waals surface area contributed by atoms with Gasteiger partial charge >= 0.3 is 0 Å². The van der Waals surface area contributed by atoms with E-state index in [-0.39, 0.29) is 11.7 Å². The van der Waals surface area contributed by atoms with E-state index >= 15 is 0 Å². The van der Waals surface area contributed by atoms with Crippen LogP contribution >= 0.6 is 23.4 Å². The molecule has 1 amide bonds. The number of aromatic nitrogens is 1. The van der Waals surface area contributed by atoms with Crippen molar-refractivity contribution in [2.45, 2.75) is 0 Å². The molecular weight excluding hydrogens is 412 g/mol. The third kappa shape index (κ3) is 4.33. The summed E-state index contributed by atoms with van der Waals surface area (Å²) < 4.78 is 5.12. The Balaban J connectivity index is 1.41. The third-order valence-electron chi connectivity index (χ3n) is 4.69. The van der Waals surface area contributed by atoms with Crippen LogP contribution in [-0.2, 0) is 4.79 Å². The lowest BCUT2D eigenvalue weighted by molar-refractivity contribution is -0.113. The number of carbonyl (C=O) groups excluding carboxylic acids is 1. The molecule has 0 spiro atoms. The molecule has 0 bridgehead atoms. The standard InChI is InChI=1S/C20H19ClN4O3S/c1-28-15-11-13(5-6-14(15)26)12-16-19(27)23-20(29-16)25-9-7-24(8-10-25)18-4-2-3-17(21)22-18/h2-6,11-12,26H,7-10H2,1H3/b16-12-. The number of anilines is 1. The lowest BCUT2D eigenvalue weighted by Crippen LogP contribution is -2.48. The summed E-state index contributed by atoms with van der Waals surface area (Å²) >= 11 is 7.35. The molecule has 1 N–H and O–H groups in total. The Labute approximate surface area is 177 Å². The van der Waals surface area contributed by atoms with Gasteiger partial charge in [-0.2, -0.15) is 4.99 Å². The number of nitrogens with zero attached hydrogens (tertiary/aromatic N) is 4. The van der Waals surface area contributed by atoms with Crippen molar-refractivity contribution in [2.75, 3.05) is 38.2 Å². The Kier molecular flexibility index (Phi) is 5.64. The largest absolute Gasteiger partial charge is 0.504 e. The monoisotopic (exact) mass is 430 g/mol. The van der Waals surface area contributed by atoms with Gasteiger partial charge in [0.2, 0.25) is 0 Å². The maximum absolute atomic E-state index is 12.4. The van der Waals surface area contributed by atoms with Gasteiger partial charge in [0.1, 0.15) is 11.0 Å². The molecule has 0 saturated carbocycles. The van der Waals surface area contributed by atoms with Crippen LogP contribution in [0.4, 0.5) is 5.82 Å². The van der Waals surface area contributed by atoms with Crippen LogP contribution in [-0.4, -0.2) is 59.4 Å². The van der Waals surface area contributed by atoms with Crippen molar-refractivity contribution >= 4 is 46.3 Å². The molecule has 0 unspecified atom stereocenters. The Bertz CT molecular complexity index is 1000. The summed E-state index contributed by atoms with van der Waals surface area (Å²) in [6, 6.07) is 10.6. The number of phenolic OH excluding ortho intramolecular Hbond substituents is 1. The van der Waals surface area contributed by atoms with Gasteiger partial charge in [-0.25, -0.2) is 4.98 Å². The summed E-state index contributed by atoms with van der Waals surface area (Å²) in [6.07, 6.45) is 1.76. The number of halogens is 1. The van der Waals surface area contributed by atoms with Gasteiger partial charge in [-0.05, 0) is 47.7 Å². The highest BCUT2D eigenvalue weighted by molar-refractivity contribution is 8.18. The number of ether oxygens (including phenoxy) is 1. The smallest absolute Gasteiger partial charge is 0.286 e. The predicted molar refractivity (Wildman–Crippen MR) is 116 cm³/mol. The van der Waals surface area contributed by atoms with Crippen molar-refractivity contribution in [1.82, 2.24) is 9.88 Å². The number of phenols is 1. The molecule has 0 aliphatic carbocycles. The molecule has 2 aliphatic rings. The third-order valence-corrected chi connectivity index (χ3v) is 5.94. The number of carbonyl (C=O) groups is 1.